The minimum Gasteiger partial charge on any atom is -0.390 e. The average molecular weight is 595 g/mol. The summed E-state index contributed by atoms with van der Waals surface area (Å²) in [5.74, 6) is 2.66. The molecule has 0 saturated heterocycles. The Balaban J connectivity index is 1.32. The number of aliphatic hydroxyl groups is 1. The molecule has 1 aromatic carbocycles. The van der Waals surface area contributed by atoms with E-state index in [0.717, 1.165) is 30.6 Å². The summed E-state index contributed by atoms with van der Waals surface area (Å²) >= 11 is 1.92. The molecule has 228 valence electrons. The lowest BCUT2D eigenvalue weighted by atomic mass is 9.46. The molecule has 0 unspecified atom stereocenters. The van der Waals surface area contributed by atoms with Gasteiger partial charge in [-0.05, 0) is 137 Å². The second-order valence-electron chi connectivity index (χ2n) is 16.8. The Bertz CT molecular complexity index is 1140. The fraction of sp³-hybridized carbons (Fsp3) is 0.730. The highest BCUT2D eigenvalue weighted by atomic mass is 32.2. The molecule has 1 aromatic rings. The van der Waals surface area contributed by atoms with Crippen molar-refractivity contribution in [3.63, 3.8) is 0 Å². The zero-order valence-electron chi connectivity index (χ0n) is 27.6. The zero-order valence-corrected chi connectivity index (χ0v) is 29.4. The molecule has 3 fully saturated rings. The molecule has 0 radical (unpaired) electrons. The fourth-order valence-corrected chi connectivity index (χ4v) is 12.8. The number of hydrogen-bond acceptors (Lipinski definition) is 3. The summed E-state index contributed by atoms with van der Waals surface area (Å²) in [6, 6.07) is 10.8. The molecule has 0 amide bonds. The second kappa shape index (κ2) is 11.3. The Morgan fingerprint density at radius 3 is 2.37 bits per heavy atom. The van der Waals surface area contributed by atoms with E-state index >= 15 is 0 Å². The van der Waals surface area contributed by atoms with Crippen LogP contribution in [0.5, 0.6) is 0 Å². The van der Waals surface area contributed by atoms with Gasteiger partial charge in [0.25, 0.3) is 0 Å². The summed E-state index contributed by atoms with van der Waals surface area (Å²) < 4.78 is 7.96. The predicted molar refractivity (Wildman–Crippen MR) is 179 cm³/mol. The molecule has 0 bridgehead atoms. The maximum Gasteiger partial charge on any atom is 0.0857 e. The molecule has 0 heterocycles. The Morgan fingerprint density at radius 2 is 1.71 bits per heavy atom. The van der Waals surface area contributed by atoms with Crippen LogP contribution in [-0.4, -0.2) is 30.5 Å². The van der Waals surface area contributed by atoms with Gasteiger partial charge in [-0.3, -0.25) is 0 Å². The Kier molecular flexibility index (Phi) is 8.69. The highest BCUT2D eigenvalue weighted by Gasteiger charge is 2.61. The van der Waals surface area contributed by atoms with Gasteiger partial charge in [-0.2, -0.15) is 0 Å². The van der Waals surface area contributed by atoms with Crippen LogP contribution in [0, 0.1) is 34.5 Å². The molecule has 4 aliphatic carbocycles. The summed E-state index contributed by atoms with van der Waals surface area (Å²) in [6.07, 6.45) is 16.1. The number of hydrogen-bond donors (Lipinski definition) is 1. The fourth-order valence-electron chi connectivity index (χ4n) is 9.81. The van der Waals surface area contributed by atoms with E-state index in [0.29, 0.717) is 17.4 Å². The quantitative estimate of drug-likeness (QED) is 0.193. The van der Waals surface area contributed by atoms with Gasteiger partial charge in [-0.15, -0.1) is 0 Å². The van der Waals surface area contributed by atoms with Crippen molar-refractivity contribution in [2.75, 3.05) is 0 Å². The van der Waals surface area contributed by atoms with Crippen LogP contribution in [0.4, 0.5) is 0 Å². The SMILES string of the molecule is CC(C)(C)O[C@H]1CC[C@@]2(C)C(=CC[C@H]3[C@@H]4CC[C@H]([C@@](C)(O)C/C=C(\Sc5ccccc5)[Si](C)(C)C)[C@@]4(C)CC[C@@H]32)C1. The number of rotatable bonds is 7. The summed E-state index contributed by atoms with van der Waals surface area (Å²) in [4.78, 5) is 1.31. The average Bonchev–Trinajstić information content (AvgIpc) is 3.24. The molecule has 4 heteroatoms. The first kappa shape index (κ1) is 31.6. The first-order chi connectivity index (χ1) is 19.0. The Morgan fingerprint density at radius 1 is 1.00 bits per heavy atom. The minimum atomic E-state index is -1.53. The van der Waals surface area contributed by atoms with Gasteiger partial charge in [0.15, 0.2) is 0 Å². The highest BCUT2D eigenvalue weighted by Crippen LogP contribution is 2.68. The number of thioether (sulfide) groups is 1. The zero-order chi connectivity index (χ0) is 29.8. The van der Waals surface area contributed by atoms with Crippen molar-refractivity contribution >= 4 is 19.8 Å². The lowest BCUT2D eigenvalue weighted by Crippen LogP contribution is -2.53. The third-order valence-corrected chi connectivity index (χ3v) is 16.5. The van der Waals surface area contributed by atoms with E-state index in [2.05, 4.69) is 104 Å². The first-order valence-corrected chi connectivity index (χ1v) is 20.9. The minimum absolute atomic E-state index is 0.0656. The lowest BCUT2D eigenvalue weighted by molar-refractivity contribution is -0.111. The maximum absolute atomic E-state index is 12.2. The monoisotopic (exact) mass is 594 g/mol. The third kappa shape index (κ3) is 6.38. The van der Waals surface area contributed by atoms with Gasteiger partial charge >= 0.3 is 0 Å². The van der Waals surface area contributed by atoms with Gasteiger partial charge < -0.3 is 9.84 Å². The molecule has 0 aliphatic heterocycles. The van der Waals surface area contributed by atoms with E-state index in [1.54, 1.807) is 5.57 Å². The van der Waals surface area contributed by atoms with Gasteiger partial charge in [0.1, 0.15) is 0 Å². The summed E-state index contributed by atoms with van der Waals surface area (Å²) in [5, 5.41) is 12.2. The van der Waals surface area contributed by atoms with Crippen molar-refractivity contribution in [2.45, 2.75) is 141 Å². The Hall–Kier alpha value is -0.813. The second-order valence-corrected chi connectivity index (χ2v) is 23.3. The van der Waals surface area contributed by atoms with Crippen LogP contribution >= 0.6 is 11.8 Å². The lowest BCUT2D eigenvalue weighted by Gasteiger charge is -2.59. The van der Waals surface area contributed by atoms with Crippen LogP contribution < -0.4 is 0 Å². The molecule has 41 heavy (non-hydrogen) atoms. The van der Waals surface area contributed by atoms with Gasteiger partial charge in [-0.1, -0.05) is 81.2 Å². The molecule has 5 rings (SSSR count). The number of benzene rings is 1. The van der Waals surface area contributed by atoms with E-state index in [4.69, 9.17) is 4.74 Å². The van der Waals surface area contributed by atoms with Crippen LogP contribution in [0.2, 0.25) is 19.6 Å². The van der Waals surface area contributed by atoms with Crippen LogP contribution in [0.25, 0.3) is 0 Å². The van der Waals surface area contributed by atoms with E-state index in [1.165, 1.54) is 54.4 Å². The number of fused-ring (bicyclic) bond motifs is 5. The number of ether oxygens (including phenoxy) is 1. The van der Waals surface area contributed by atoms with E-state index in [-0.39, 0.29) is 11.0 Å². The van der Waals surface area contributed by atoms with Gasteiger partial charge in [0, 0.05) is 4.90 Å². The van der Waals surface area contributed by atoms with Crippen molar-refractivity contribution < 1.29 is 9.84 Å². The molecular formula is C37H58O2SSi. The molecule has 8 atom stereocenters. The molecule has 4 aliphatic rings. The van der Waals surface area contributed by atoms with E-state index in [9.17, 15) is 5.11 Å². The van der Waals surface area contributed by atoms with E-state index < -0.39 is 13.7 Å². The van der Waals surface area contributed by atoms with Gasteiger partial charge in [0.2, 0.25) is 0 Å². The predicted octanol–water partition coefficient (Wildman–Crippen LogP) is 10.4. The molecule has 2 nitrogen and oxygen atoms in total. The number of allylic oxidation sites excluding steroid dienone is 1. The van der Waals surface area contributed by atoms with Crippen molar-refractivity contribution in [3.05, 3.63) is 52.6 Å². The summed E-state index contributed by atoms with van der Waals surface area (Å²) in [7, 11) is -1.53. The van der Waals surface area contributed by atoms with Crippen LogP contribution in [-0.2, 0) is 4.74 Å². The van der Waals surface area contributed by atoms with Crippen molar-refractivity contribution in [1.82, 2.24) is 0 Å². The van der Waals surface area contributed by atoms with Crippen LogP contribution in [0.3, 0.4) is 0 Å². The Labute approximate surface area is 257 Å². The largest absolute Gasteiger partial charge is 0.390 e. The third-order valence-electron chi connectivity index (χ3n) is 11.7. The molecule has 1 N–H and O–H groups in total. The van der Waals surface area contributed by atoms with Crippen LogP contribution in [0.1, 0.15) is 99.3 Å². The molecular weight excluding hydrogens is 537 g/mol. The molecule has 3 saturated carbocycles. The van der Waals surface area contributed by atoms with Crippen LogP contribution in [0.15, 0.2) is 57.5 Å². The topological polar surface area (TPSA) is 29.5 Å². The van der Waals surface area contributed by atoms with Crippen molar-refractivity contribution in [1.29, 1.82) is 0 Å². The molecule has 0 spiro atoms. The highest BCUT2D eigenvalue weighted by molar-refractivity contribution is 8.05. The van der Waals surface area contributed by atoms with Gasteiger partial charge in [-0.25, -0.2) is 0 Å². The summed E-state index contributed by atoms with van der Waals surface area (Å²) in [6.45, 7) is 21.2. The van der Waals surface area contributed by atoms with Gasteiger partial charge in [0.05, 0.1) is 25.4 Å². The van der Waals surface area contributed by atoms with E-state index in [1.807, 2.05) is 11.8 Å². The van der Waals surface area contributed by atoms with Crippen molar-refractivity contribution in [3.8, 4) is 0 Å². The smallest absolute Gasteiger partial charge is 0.0857 e. The summed E-state index contributed by atoms with van der Waals surface area (Å²) in [5.41, 5.74) is 1.54. The molecule has 0 aromatic heterocycles. The maximum atomic E-state index is 12.2. The normalized spacial score (nSPS) is 37.5. The standard InChI is InChI=1S/C37H58O2SSi/c1-34(2,3)39-27-19-22-35(4)26(25-27)15-16-29-30-17-18-32(36(30,5)23-20-31(29)35)37(6,38)24-21-33(41(7,8)9)40-28-13-11-10-12-14-28/h10-15,21,27,29-32,38H,16-20,22-25H2,1-9H3/b33-21+/t27-,29-,30-,31-,32-,35-,36-,37-/m0/s1. The van der Waals surface area contributed by atoms with Crippen molar-refractivity contribution in [2.24, 2.45) is 34.5 Å². The first-order valence-electron chi connectivity index (χ1n) is 16.6.